The van der Waals surface area contributed by atoms with Crippen molar-refractivity contribution in [3.8, 4) is 11.5 Å². The van der Waals surface area contributed by atoms with Crippen molar-refractivity contribution in [3.63, 3.8) is 0 Å². The van der Waals surface area contributed by atoms with E-state index in [4.69, 9.17) is 14.5 Å². The van der Waals surface area contributed by atoms with Gasteiger partial charge < -0.3 is 9.62 Å². The molecular weight excluding hydrogens is 208 g/mol. The third-order valence-corrected chi connectivity index (χ3v) is 2.83. The average Bonchev–Trinajstić information content (AvgIpc) is 2.63. The van der Waals surface area contributed by atoms with E-state index in [0.29, 0.717) is 30.1 Å². The maximum Gasteiger partial charge on any atom is 0.174 e. The van der Waals surface area contributed by atoms with Crippen molar-refractivity contribution >= 4 is 5.78 Å². The van der Waals surface area contributed by atoms with Gasteiger partial charge >= 0.3 is 0 Å². The fourth-order valence-electron chi connectivity index (χ4n) is 2.11. The summed E-state index contributed by atoms with van der Waals surface area (Å²) in [7, 11) is 0. The third-order valence-electron chi connectivity index (χ3n) is 2.83. The van der Waals surface area contributed by atoms with E-state index >= 15 is 0 Å². The van der Waals surface area contributed by atoms with Gasteiger partial charge in [0.25, 0.3) is 0 Å². The highest BCUT2D eigenvalue weighted by Gasteiger charge is 2.36. The van der Waals surface area contributed by atoms with Crippen molar-refractivity contribution in [3.05, 3.63) is 23.3 Å². The molecule has 0 N–H and O–H groups in total. The van der Waals surface area contributed by atoms with Crippen LogP contribution in [0.2, 0.25) is 0 Å². The zero-order valence-corrected chi connectivity index (χ0v) is 9.20. The molecular formula is C12H12O4. The summed E-state index contributed by atoms with van der Waals surface area (Å²) >= 11 is 0. The molecule has 1 aromatic carbocycles. The van der Waals surface area contributed by atoms with Crippen LogP contribution in [0.25, 0.3) is 0 Å². The molecule has 1 aromatic rings. The number of fused-ring (bicyclic) bond motifs is 3. The van der Waals surface area contributed by atoms with Crippen LogP contribution < -0.4 is 9.62 Å². The second kappa shape index (κ2) is 2.98. The largest absolute Gasteiger partial charge is 0.486 e. The number of rotatable bonds is 0. The van der Waals surface area contributed by atoms with E-state index in [1.807, 2.05) is 13.8 Å². The summed E-state index contributed by atoms with van der Waals surface area (Å²) in [5, 5.41) is 0. The molecule has 0 aliphatic carbocycles. The summed E-state index contributed by atoms with van der Waals surface area (Å²) in [6, 6.07) is 3.49. The van der Waals surface area contributed by atoms with Crippen molar-refractivity contribution in [1.82, 2.24) is 0 Å². The van der Waals surface area contributed by atoms with E-state index in [1.54, 1.807) is 12.1 Å². The van der Waals surface area contributed by atoms with Crippen LogP contribution >= 0.6 is 0 Å². The Labute approximate surface area is 93.0 Å². The molecule has 0 saturated carbocycles. The van der Waals surface area contributed by atoms with E-state index in [1.165, 1.54) is 0 Å². The van der Waals surface area contributed by atoms with Crippen LogP contribution in [-0.2, 0) is 11.5 Å². The lowest BCUT2D eigenvalue weighted by molar-refractivity contribution is -0.194. The number of Topliss-reactive ketones (excluding diaryl/α,β-unsaturated/α-hetero) is 1. The molecule has 0 fully saturated rings. The summed E-state index contributed by atoms with van der Waals surface area (Å²) in [6.45, 7) is 4.15. The lowest BCUT2D eigenvalue weighted by atomic mass is 9.91. The van der Waals surface area contributed by atoms with Crippen LogP contribution in [0, 0.1) is 0 Å². The van der Waals surface area contributed by atoms with E-state index in [2.05, 4.69) is 0 Å². The molecule has 0 unspecified atom stereocenters. The molecule has 0 spiro atoms. The van der Waals surface area contributed by atoms with Gasteiger partial charge in [0.1, 0.15) is 18.0 Å². The van der Waals surface area contributed by atoms with Gasteiger partial charge in [-0.15, -0.1) is 0 Å². The zero-order valence-electron chi connectivity index (χ0n) is 9.20. The standard InChI is InChI=1S/C12H12O4/c1-12(2)5-9(13)7-3-4-10-8(6-14-16-10)11(7)15-12/h3-4H,5-6H2,1-2H3. The van der Waals surface area contributed by atoms with Crippen LogP contribution in [0.1, 0.15) is 36.2 Å². The first-order chi connectivity index (χ1) is 7.57. The monoisotopic (exact) mass is 220 g/mol. The van der Waals surface area contributed by atoms with E-state index in [-0.39, 0.29) is 5.78 Å². The lowest BCUT2D eigenvalue weighted by Gasteiger charge is -2.32. The molecule has 0 atom stereocenters. The second-order valence-electron chi connectivity index (χ2n) is 4.73. The van der Waals surface area contributed by atoms with Crippen LogP contribution in [-0.4, -0.2) is 11.4 Å². The highest BCUT2D eigenvalue weighted by Crippen LogP contribution is 2.42. The fraction of sp³-hybridized carbons (Fsp3) is 0.417. The van der Waals surface area contributed by atoms with Gasteiger partial charge in [-0.2, -0.15) is 4.89 Å². The van der Waals surface area contributed by atoms with Crippen LogP contribution in [0.3, 0.4) is 0 Å². The number of carbonyl (C=O) groups excluding carboxylic acids is 1. The molecule has 4 nitrogen and oxygen atoms in total. The lowest BCUT2D eigenvalue weighted by Crippen LogP contribution is -2.36. The topological polar surface area (TPSA) is 44.8 Å². The average molecular weight is 220 g/mol. The molecule has 3 rings (SSSR count). The zero-order chi connectivity index (χ0) is 11.3. The Bertz CT molecular complexity index is 476. The molecule has 0 radical (unpaired) electrons. The number of benzene rings is 1. The minimum atomic E-state index is -0.457. The molecule has 2 aliphatic heterocycles. The molecule has 0 amide bonds. The molecule has 2 aliphatic rings. The first-order valence-corrected chi connectivity index (χ1v) is 5.24. The Morgan fingerprint density at radius 1 is 1.31 bits per heavy atom. The van der Waals surface area contributed by atoms with Crippen LogP contribution in [0.5, 0.6) is 11.5 Å². The van der Waals surface area contributed by atoms with Crippen molar-refractivity contribution in [2.45, 2.75) is 32.5 Å². The highest BCUT2D eigenvalue weighted by molar-refractivity contribution is 6.01. The van der Waals surface area contributed by atoms with Gasteiger partial charge in [0.2, 0.25) is 0 Å². The minimum absolute atomic E-state index is 0.112. The Morgan fingerprint density at radius 3 is 2.94 bits per heavy atom. The third kappa shape index (κ3) is 1.30. The van der Waals surface area contributed by atoms with Gasteiger partial charge in [0.15, 0.2) is 11.5 Å². The molecule has 4 heteroatoms. The molecule has 0 saturated heterocycles. The quantitative estimate of drug-likeness (QED) is 0.629. The van der Waals surface area contributed by atoms with E-state index in [9.17, 15) is 4.79 Å². The number of ketones is 1. The normalized spacial score (nSPS) is 20.8. The Morgan fingerprint density at radius 2 is 2.12 bits per heavy atom. The van der Waals surface area contributed by atoms with Crippen molar-refractivity contribution in [2.24, 2.45) is 0 Å². The van der Waals surface area contributed by atoms with Crippen LogP contribution in [0.15, 0.2) is 12.1 Å². The number of carbonyl (C=O) groups is 1. The molecule has 16 heavy (non-hydrogen) atoms. The first-order valence-electron chi connectivity index (χ1n) is 5.24. The fourth-order valence-corrected chi connectivity index (χ4v) is 2.11. The van der Waals surface area contributed by atoms with E-state index in [0.717, 1.165) is 5.56 Å². The number of ether oxygens (including phenoxy) is 1. The summed E-state index contributed by atoms with van der Waals surface area (Å²) in [5.41, 5.74) is 1.01. The van der Waals surface area contributed by atoms with Gasteiger partial charge in [0.05, 0.1) is 17.5 Å². The van der Waals surface area contributed by atoms with E-state index < -0.39 is 5.60 Å². The predicted octanol–water partition coefficient (Wildman–Crippen LogP) is 2.25. The van der Waals surface area contributed by atoms with Crippen molar-refractivity contribution in [2.75, 3.05) is 0 Å². The molecule has 0 aromatic heterocycles. The van der Waals surface area contributed by atoms with Crippen LogP contribution in [0.4, 0.5) is 0 Å². The second-order valence-corrected chi connectivity index (χ2v) is 4.73. The van der Waals surface area contributed by atoms with Gasteiger partial charge in [0, 0.05) is 0 Å². The molecule has 84 valence electrons. The number of hydrogen-bond acceptors (Lipinski definition) is 4. The predicted molar refractivity (Wildman–Crippen MR) is 55.5 cm³/mol. The Balaban J connectivity index is 2.18. The summed E-state index contributed by atoms with van der Waals surface area (Å²) in [6.07, 6.45) is 0.403. The first kappa shape index (κ1) is 9.66. The maximum atomic E-state index is 11.9. The minimum Gasteiger partial charge on any atom is -0.486 e. The van der Waals surface area contributed by atoms with Gasteiger partial charge in [-0.3, -0.25) is 4.79 Å². The number of hydrogen-bond donors (Lipinski definition) is 0. The SMILES string of the molecule is CC1(C)CC(=O)c2ccc3c(c2O1)COO3. The Hall–Kier alpha value is -1.55. The molecule has 0 bridgehead atoms. The van der Waals surface area contributed by atoms with Gasteiger partial charge in [-0.05, 0) is 26.0 Å². The summed E-state index contributed by atoms with van der Waals surface area (Å²) < 4.78 is 5.85. The Kier molecular flexibility index (Phi) is 1.80. The van der Waals surface area contributed by atoms with Crippen molar-refractivity contribution < 1.29 is 19.3 Å². The summed E-state index contributed by atoms with van der Waals surface area (Å²) in [5.74, 6) is 1.38. The maximum absolute atomic E-state index is 11.9. The summed E-state index contributed by atoms with van der Waals surface area (Å²) in [4.78, 5) is 21.8. The van der Waals surface area contributed by atoms with Gasteiger partial charge in [-0.1, -0.05) is 0 Å². The van der Waals surface area contributed by atoms with Crippen molar-refractivity contribution in [1.29, 1.82) is 0 Å². The highest BCUT2D eigenvalue weighted by atomic mass is 17.2. The van der Waals surface area contributed by atoms with Gasteiger partial charge in [-0.25, -0.2) is 0 Å². The molecule has 2 heterocycles. The smallest absolute Gasteiger partial charge is 0.174 e.